The van der Waals surface area contributed by atoms with Crippen LogP contribution in [0.5, 0.6) is 0 Å². The number of rotatable bonds is 7. The molecule has 18 heavy (non-hydrogen) atoms. The summed E-state index contributed by atoms with van der Waals surface area (Å²) >= 11 is 0. The summed E-state index contributed by atoms with van der Waals surface area (Å²) in [5.74, 6) is 6.80. The molecule has 1 rings (SSSR count). The van der Waals surface area contributed by atoms with Crippen LogP contribution >= 0.6 is 0 Å². The van der Waals surface area contributed by atoms with Crippen molar-refractivity contribution in [3.63, 3.8) is 0 Å². The maximum absolute atomic E-state index is 5.80. The van der Waals surface area contributed by atoms with Crippen LogP contribution in [0.25, 0.3) is 0 Å². The van der Waals surface area contributed by atoms with Gasteiger partial charge in [-0.1, -0.05) is 20.3 Å². The zero-order valence-corrected chi connectivity index (χ0v) is 11.8. The van der Waals surface area contributed by atoms with Gasteiger partial charge in [0, 0.05) is 18.4 Å². The Balaban J connectivity index is 3.16. The van der Waals surface area contributed by atoms with Crippen molar-refractivity contribution < 1.29 is 4.74 Å². The first kappa shape index (κ1) is 14.9. The number of aromatic nitrogens is 2. The smallest absolute Gasteiger partial charge is 0.162 e. The van der Waals surface area contributed by atoms with Gasteiger partial charge in [-0.2, -0.15) is 0 Å². The minimum absolute atomic E-state index is 0.454. The highest BCUT2D eigenvalue weighted by atomic mass is 16.5. The van der Waals surface area contributed by atoms with Gasteiger partial charge >= 0.3 is 0 Å². The van der Waals surface area contributed by atoms with Crippen molar-refractivity contribution in [1.29, 1.82) is 0 Å². The Labute approximate surface area is 109 Å². The number of anilines is 1. The molecular formula is C13H24N4O. The largest absolute Gasteiger partial charge is 0.368 e. The molecule has 0 spiro atoms. The molecule has 1 atom stereocenters. The number of nitrogens with two attached hydrogens (primary N) is 1. The van der Waals surface area contributed by atoms with E-state index in [4.69, 9.17) is 10.6 Å². The van der Waals surface area contributed by atoms with Gasteiger partial charge in [-0.05, 0) is 26.7 Å². The highest BCUT2D eigenvalue weighted by Gasteiger charge is 2.29. The van der Waals surface area contributed by atoms with Gasteiger partial charge in [-0.15, -0.1) is 0 Å². The van der Waals surface area contributed by atoms with Crippen LogP contribution in [0.2, 0.25) is 0 Å². The molecule has 0 saturated carbocycles. The highest BCUT2D eigenvalue weighted by molar-refractivity contribution is 5.35. The first-order valence-electron chi connectivity index (χ1n) is 6.58. The van der Waals surface area contributed by atoms with Gasteiger partial charge in [0.25, 0.3) is 0 Å². The van der Waals surface area contributed by atoms with Crippen LogP contribution in [0.4, 0.5) is 5.82 Å². The van der Waals surface area contributed by atoms with Crippen LogP contribution in [-0.4, -0.2) is 16.6 Å². The van der Waals surface area contributed by atoms with Gasteiger partial charge in [0.05, 0.1) is 0 Å². The first-order valence-corrected chi connectivity index (χ1v) is 6.58. The van der Waals surface area contributed by atoms with Crippen molar-refractivity contribution in [2.45, 2.75) is 52.6 Å². The zero-order chi connectivity index (χ0) is 13.6. The number of hydrazine groups is 1. The fraction of sp³-hybridized carbons (Fsp3) is 0.692. The van der Waals surface area contributed by atoms with E-state index < -0.39 is 5.60 Å². The number of ether oxygens (including phenoxy) is 1. The number of nitrogens with one attached hydrogen (secondary N) is 1. The summed E-state index contributed by atoms with van der Waals surface area (Å²) in [7, 11) is 0. The molecular weight excluding hydrogens is 228 g/mol. The molecule has 0 saturated heterocycles. The van der Waals surface area contributed by atoms with E-state index in [1.807, 2.05) is 19.9 Å². The van der Waals surface area contributed by atoms with Crippen molar-refractivity contribution in [1.82, 2.24) is 9.97 Å². The normalized spacial score (nSPS) is 14.3. The zero-order valence-electron chi connectivity index (χ0n) is 11.8. The van der Waals surface area contributed by atoms with Crippen molar-refractivity contribution in [3.8, 4) is 0 Å². The van der Waals surface area contributed by atoms with Crippen molar-refractivity contribution in [2.24, 2.45) is 5.84 Å². The minimum atomic E-state index is -0.454. The minimum Gasteiger partial charge on any atom is -0.368 e. The van der Waals surface area contributed by atoms with E-state index in [1.54, 1.807) is 0 Å². The number of nitrogen functional groups attached to an aromatic ring is 1. The molecule has 0 aliphatic carbocycles. The fourth-order valence-corrected chi connectivity index (χ4v) is 1.84. The molecule has 0 aromatic carbocycles. The lowest BCUT2D eigenvalue weighted by molar-refractivity contribution is -0.0390. The van der Waals surface area contributed by atoms with Gasteiger partial charge in [-0.25, -0.2) is 15.8 Å². The van der Waals surface area contributed by atoms with Crippen molar-refractivity contribution >= 4 is 5.82 Å². The summed E-state index contributed by atoms with van der Waals surface area (Å²) in [6.07, 6.45) is 2.77. The highest BCUT2D eigenvalue weighted by Crippen LogP contribution is 2.27. The fourth-order valence-electron chi connectivity index (χ4n) is 1.84. The van der Waals surface area contributed by atoms with Crippen LogP contribution in [0.15, 0.2) is 6.07 Å². The predicted octanol–water partition coefficient (Wildman–Crippen LogP) is 2.38. The number of hydrogen-bond acceptors (Lipinski definition) is 5. The van der Waals surface area contributed by atoms with E-state index in [0.717, 1.165) is 25.0 Å². The van der Waals surface area contributed by atoms with Crippen molar-refractivity contribution in [3.05, 3.63) is 17.6 Å². The summed E-state index contributed by atoms with van der Waals surface area (Å²) in [5, 5.41) is 0. The molecule has 5 heteroatoms. The molecule has 0 radical (unpaired) electrons. The topological polar surface area (TPSA) is 73.1 Å². The molecule has 0 aliphatic rings. The average molecular weight is 252 g/mol. The SMILES string of the molecule is CCCc1cc(NN)nc(C(C)(CC)OCC)n1. The van der Waals surface area contributed by atoms with Gasteiger partial charge in [0.15, 0.2) is 5.82 Å². The molecule has 3 N–H and O–H groups in total. The number of hydrogen-bond donors (Lipinski definition) is 2. The van der Waals surface area contributed by atoms with Gasteiger partial charge in [0.2, 0.25) is 0 Å². The Bertz CT molecular complexity index is 383. The maximum Gasteiger partial charge on any atom is 0.162 e. The third-order valence-electron chi connectivity index (χ3n) is 3.04. The second kappa shape index (κ2) is 6.66. The Morgan fingerprint density at radius 3 is 2.56 bits per heavy atom. The van der Waals surface area contributed by atoms with E-state index in [-0.39, 0.29) is 0 Å². The Morgan fingerprint density at radius 1 is 1.33 bits per heavy atom. The molecule has 0 bridgehead atoms. The lowest BCUT2D eigenvalue weighted by atomic mass is 10.0. The molecule has 1 heterocycles. The van der Waals surface area contributed by atoms with Crippen LogP contribution in [0.1, 0.15) is 52.1 Å². The molecule has 0 amide bonds. The summed E-state index contributed by atoms with van der Waals surface area (Å²) in [6.45, 7) is 8.82. The van der Waals surface area contributed by atoms with Gasteiger partial charge in [-0.3, -0.25) is 0 Å². The monoisotopic (exact) mass is 252 g/mol. The van der Waals surface area contributed by atoms with E-state index in [2.05, 4.69) is 29.2 Å². The number of nitrogens with zero attached hydrogens (tertiary/aromatic N) is 2. The second-order valence-electron chi connectivity index (χ2n) is 4.48. The molecule has 1 aromatic heterocycles. The van der Waals surface area contributed by atoms with E-state index in [0.29, 0.717) is 18.2 Å². The van der Waals surface area contributed by atoms with Crippen molar-refractivity contribution in [2.75, 3.05) is 12.0 Å². The van der Waals surface area contributed by atoms with E-state index >= 15 is 0 Å². The molecule has 102 valence electrons. The predicted molar refractivity (Wildman–Crippen MR) is 73.1 cm³/mol. The van der Waals surface area contributed by atoms with Gasteiger partial charge in [0.1, 0.15) is 11.4 Å². The Kier molecular flexibility index (Phi) is 5.50. The Hall–Kier alpha value is -1.20. The van der Waals surface area contributed by atoms with Gasteiger partial charge < -0.3 is 10.2 Å². The summed E-state index contributed by atoms with van der Waals surface area (Å²) in [6, 6.07) is 1.88. The molecule has 1 aromatic rings. The van der Waals surface area contributed by atoms with Crippen LogP contribution < -0.4 is 11.3 Å². The van der Waals surface area contributed by atoms with Crippen LogP contribution in [0, 0.1) is 0 Å². The van der Waals surface area contributed by atoms with Crippen LogP contribution in [0.3, 0.4) is 0 Å². The van der Waals surface area contributed by atoms with Crippen LogP contribution in [-0.2, 0) is 16.8 Å². The average Bonchev–Trinajstić information content (AvgIpc) is 2.38. The third kappa shape index (κ3) is 3.40. The van der Waals surface area contributed by atoms with E-state index in [9.17, 15) is 0 Å². The summed E-state index contributed by atoms with van der Waals surface area (Å²) in [5.41, 5.74) is 3.14. The standard InChI is InChI=1S/C13H24N4O/c1-5-8-10-9-11(17-14)16-12(15-10)13(4,6-2)18-7-3/h9H,5-8,14H2,1-4H3,(H,15,16,17). The number of aryl methyl sites for hydroxylation is 1. The maximum atomic E-state index is 5.80. The third-order valence-corrected chi connectivity index (χ3v) is 3.04. The molecule has 0 fully saturated rings. The lowest BCUT2D eigenvalue weighted by Gasteiger charge is -2.27. The molecule has 1 unspecified atom stereocenters. The summed E-state index contributed by atoms with van der Waals surface area (Å²) in [4.78, 5) is 9.02. The first-order chi connectivity index (χ1) is 8.59. The molecule has 0 aliphatic heterocycles. The lowest BCUT2D eigenvalue weighted by Crippen LogP contribution is -2.29. The summed E-state index contributed by atoms with van der Waals surface area (Å²) < 4.78 is 5.80. The second-order valence-corrected chi connectivity index (χ2v) is 4.48. The molecule has 5 nitrogen and oxygen atoms in total. The van der Waals surface area contributed by atoms with E-state index in [1.165, 1.54) is 0 Å². The Morgan fingerprint density at radius 2 is 2.06 bits per heavy atom. The quantitative estimate of drug-likeness (QED) is 0.575.